The van der Waals surface area contributed by atoms with Crippen LogP contribution in [0.2, 0.25) is 0 Å². The molecule has 0 spiro atoms. The SMILES string of the molecule is Cc1ccc(N(CC(=O)O)CC(O)CO)cc1. The number of hydrogen-bond donors (Lipinski definition) is 3. The lowest BCUT2D eigenvalue weighted by Crippen LogP contribution is -2.37. The van der Waals surface area contributed by atoms with Gasteiger partial charge in [-0.25, -0.2) is 0 Å². The third-order valence-corrected chi connectivity index (χ3v) is 2.37. The first kappa shape index (κ1) is 13.5. The van der Waals surface area contributed by atoms with Gasteiger partial charge in [0.2, 0.25) is 0 Å². The monoisotopic (exact) mass is 239 g/mol. The van der Waals surface area contributed by atoms with Gasteiger partial charge in [0.1, 0.15) is 6.54 Å². The molecule has 0 saturated heterocycles. The second-order valence-corrected chi connectivity index (χ2v) is 3.95. The van der Waals surface area contributed by atoms with Gasteiger partial charge in [0.25, 0.3) is 0 Å². The van der Waals surface area contributed by atoms with Gasteiger partial charge in [0.05, 0.1) is 12.7 Å². The molecule has 1 atom stereocenters. The average molecular weight is 239 g/mol. The van der Waals surface area contributed by atoms with Gasteiger partial charge < -0.3 is 20.2 Å². The number of aliphatic carboxylic acids is 1. The van der Waals surface area contributed by atoms with Gasteiger partial charge in [0.15, 0.2) is 0 Å². The van der Waals surface area contributed by atoms with Crippen molar-refractivity contribution in [3.05, 3.63) is 29.8 Å². The summed E-state index contributed by atoms with van der Waals surface area (Å²) in [5.41, 5.74) is 1.79. The molecule has 0 aliphatic heterocycles. The van der Waals surface area contributed by atoms with Crippen molar-refractivity contribution in [3.63, 3.8) is 0 Å². The minimum Gasteiger partial charge on any atom is -0.480 e. The third-order valence-electron chi connectivity index (χ3n) is 2.37. The Kier molecular flexibility index (Phi) is 4.93. The van der Waals surface area contributed by atoms with E-state index in [1.807, 2.05) is 19.1 Å². The highest BCUT2D eigenvalue weighted by molar-refractivity contribution is 5.73. The summed E-state index contributed by atoms with van der Waals surface area (Å²) in [6, 6.07) is 7.33. The van der Waals surface area contributed by atoms with Crippen molar-refractivity contribution < 1.29 is 20.1 Å². The van der Waals surface area contributed by atoms with Gasteiger partial charge in [-0.2, -0.15) is 0 Å². The van der Waals surface area contributed by atoms with E-state index in [-0.39, 0.29) is 19.7 Å². The van der Waals surface area contributed by atoms with Crippen LogP contribution in [0.3, 0.4) is 0 Å². The number of benzene rings is 1. The lowest BCUT2D eigenvalue weighted by Gasteiger charge is -2.25. The molecule has 5 heteroatoms. The van der Waals surface area contributed by atoms with Crippen molar-refractivity contribution in [2.45, 2.75) is 13.0 Å². The van der Waals surface area contributed by atoms with Gasteiger partial charge in [-0.15, -0.1) is 0 Å². The van der Waals surface area contributed by atoms with Crippen LogP contribution in [0.25, 0.3) is 0 Å². The minimum absolute atomic E-state index is 0.0891. The second-order valence-electron chi connectivity index (χ2n) is 3.95. The van der Waals surface area contributed by atoms with Crippen LogP contribution in [-0.4, -0.2) is 47.1 Å². The van der Waals surface area contributed by atoms with Crippen LogP contribution in [0.1, 0.15) is 5.56 Å². The molecule has 94 valence electrons. The molecule has 0 bridgehead atoms. The Hall–Kier alpha value is -1.59. The standard InChI is InChI=1S/C12H17NO4/c1-9-2-4-10(5-3-9)13(7-12(16)17)6-11(15)8-14/h2-5,11,14-15H,6-8H2,1H3,(H,16,17). The van der Waals surface area contributed by atoms with Crippen LogP contribution in [0, 0.1) is 6.92 Å². The van der Waals surface area contributed by atoms with Crippen molar-refractivity contribution in [2.24, 2.45) is 0 Å². The summed E-state index contributed by atoms with van der Waals surface area (Å²) in [5.74, 6) is -0.976. The Morgan fingerprint density at radius 1 is 1.35 bits per heavy atom. The van der Waals surface area contributed by atoms with Crippen LogP contribution >= 0.6 is 0 Å². The number of nitrogens with zero attached hydrogens (tertiary/aromatic N) is 1. The summed E-state index contributed by atoms with van der Waals surface area (Å²) in [7, 11) is 0. The highest BCUT2D eigenvalue weighted by atomic mass is 16.4. The molecular formula is C12H17NO4. The molecule has 0 saturated carbocycles. The van der Waals surface area contributed by atoms with E-state index in [4.69, 9.17) is 10.2 Å². The highest BCUT2D eigenvalue weighted by Crippen LogP contribution is 2.15. The molecule has 0 amide bonds. The molecule has 3 N–H and O–H groups in total. The normalized spacial score (nSPS) is 12.2. The summed E-state index contributed by atoms with van der Waals surface area (Å²) in [5, 5.41) is 27.0. The number of aliphatic hydroxyl groups is 2. The zero-order chi connectivity index (χ0) is 12.8. The van der Waals surface area contributed by atoms with E-state index in [2.05, 4.69) is 0 Å². The van der Waals surface area contributed by atoms with E-state index < -0.39 is 12.1 Å². The Labute approximate surface area is 99.9 Å². The number of aryl methyl sites for hydroxylation is 1. The maximum atomic E-state index is 10.7. The van der Waals surface area contributed by atoms with Crippen LogP contribution in [0.15, 0.2) is 24.3 Å². The zero-order valence-electron chi connectivity index (χ0n) is 9.71. The third kappa shape index (κ3) is 4.42. The number of carboxylic acids is 1. The number of hydrogen-bond acceptors (Lipinski definition) is 4. The molecule has 0 fully saturated rings. The van der Waals surface area contributed by atoms with Gasteiger partial charge in [-0.05, 0) is 19.1 Å². The molecule has 1 aromatic carbocycles. The molecule has 1 unspecified atom stereocenters. The Morgan fingerprint density at radius 2 is 1.94 bits per heavy atom. The van der Waals surface area contributed by atoms with E-state index in [0.29, 0.717) is 5.69 Å². The molecule has 1 rings (SSSR count). The van der Waals surface area contributed by atoms with E-state index in [1.165, 1.54) is 4.90 Å². The fourth-order valence-electron chi connectivity index (χ4n) is 1.49. The quantitative estimate of drug-likeness (QED) is 0.662. The first-order valence-electron chi connectivity index (χ1n) is 5.35. The zero-order valence-corrected chi connectivity index (χ0v) is 9.71. The van der Waals surface area contributed by atoms with Gasteiger partial charge in [-0.1, -0.05) is 17.7 Å². The number of carbonyl (C=O) groups is 1. The summed E-state index contributed by atoms with van der Waals surface area (Å²) in [6.45, 7) is 1.43. The molecule has 0 aromatic heterocycles. The number of rotatable bonds is 6. The maximum absolute atomic E-state index is 10.7. The Balaban J connectivity index is 2.81. The predicted molar refractivity (Wildman–Crippen MR) is 64.1 cm³/mol. The molecule has 0 aliphatic rings. The number of aliphatic hydroxyl groups excluding tert-OH is 2. The summed E-state index contributed by atoms with van der Waals surface area (Å²) in [4.78, 5) is 12.3. The molecule has 0 radical (unpaired) electrons. The number of carboxylic acid groups (broad SMARTS) is 1. The lowest BCUT2D eigenvalue weighted by atomic mass is 10.2. The van der Waals surface area contributed by atoms with Crippen LogP contribution in [0.5, 0.6) is 0 Å². The van der Waals surface area contributed by atoms with E-state index in [9.17, 15) is 9.90 Å². The fraction of sp³-hybridized carbons (Fsp3) is 0.417. The Morgan fingerprint density at radius 3 is 2.41 bits per heavy atom. The molecule has 0 aliphatic carbocycles. The largest absolute Gasteiger partial charge is 0.480 e. The van der Waals surface area contributed by atoms with Crippen LogP contribution in [-0.2, 0) is 4.79 Å². The van der Waals surface area contributed by atoms with Gasteiger partial charge in [-0.3, -0.25) is 4.79 Å². The molecule has 5 nitrogen and oxygen atoms in total. The molecule has 1 aromatic rings. The summed E-state index contributed by atoms with van der Waals surface area (Å²) in [6.07, 6.45) is -0.948. The first-order chi connectivity index (χ1) is 8.02. The van der Waals surface area contributed by atoms with E-state index >= 15 is 0 Å². The first-order valence-corrected chi connectivity index (χ1v) is 5.35. The van der Waals surface area contributed by atoms with Crippen molar-refractivity contribution in [1.29, 1.82) is 0 Å². The maximum Gasteiger partial charge on any atom is 0.323 e. The summed E-state index contributed by atoms with van der Waals surface area (Å²) >= 11 is 0. The van der Waals surface area contributed by atoms with Crippen LogP contribution in [0.4, 0.5) is 5.69 Å². The molecule has 17 heavy (non-hydrogen) atoms. The van der Waals surface area contributed by atoms with E-state index in [0.717, 1.165) is 5.56 Å². The summed E-state index contributed by atoms with van der Waals surface area (Å²) < 4.78 is 0. The van der Waals surface area contributed by atoms with Crippen LogP contribution < -0.4 is 4.90 Å². The molecular weight excluding hydrogens is 222 g/mol. The van der Waals surface area contributed by atoms with Crippen molar-refractivity contribution in [1.82, 2.24) is 0 Å². The predicted octanol–water partition coefficient (Wildman–Crippen LogP) is 0.239. The van der Waals surface area contributed by atoms with Gasteiger partial charge >= 0.3 is 5.97 Å². The number of anilines is 1. The highest BCUT2D eigenvalue weighted by Gasteiger charge is 2.14. The minimum atomic E-state index is -0.976. The topological polar surface area (TPSA) is 81.0 Å². The van der Waals surface area contributed by atoms with Crippen molar-refractivity contribution in [3.8, 4) is 0 Å². The van der Waals surface area contributed by atoms with Crippen molar-refractivity contribution in [2.75, 3.05) is 24.6 Å². The smallest absolute Gasteiger partial charge is 0.323 e. The van der Waals surface area contributed by atoms with E-state index in [1.54, 1.807) is 12.1 Å². The Bertz CT molecular complexity index is 363. The molecule has 0 heterocycles. The van der Waals surface area contributed by atoms with Gasteiger partial charge in [0, 0.05) is 12.2 Å². The lowest BCUT2D eigenvalue weighted by molar-refractivity contribution is -0.135. The fourth-order valence-corrected chi connectivity index (χ4v) is 1.49. The second kappa shape index (κ2) is 6.22. The average Bonchev–Trinajstić information content (AvgIpc) is 2.28. The van der Waals surface area contributed by atoms with Crippen molar-refractivity contribution >= 4 is 11.7 Å².